The highest BCUT2D eigenvalue weighted by molar-refractivity contribution is 6.00. The number of anilines is 2. The van der Waals surface area contributed by atoms with E-state index in [2.05, 4.69) is 10.6 Å². The fraction of sp³-hybridized carbons (Fsp3) is 0.167. The Balaban J connectivity index is 1.89. The van der Waals surface area contributed by atoms with Gasteiger partial charge in [-0.3, -0.25) is 0 Å². The third kappa shape index (κ3) is 5.55. The molecule has 2 N–H and O–H groups in total. The van der Waals surface area contributed by atoms with Gasteiger partial charge in [0.05, 0.1) is 12.2 Å². The van der Waals surface area contributed by atoms with Crippen LogP contribution in [0.25, 0.3) is 0 Å². The fourth-order valence-electron chi connectivity index (χ4n) is 1.95. The maximum atomic E-state index is 12.0. The molecule has 2 amide bonds. The zero-order chi connectivity index (χ0) is 18.1. The van der Waals surface area contributed by atoms with Crippen LogP contribution in [0.5, 0.6) is 5.75 Å². The Hall–Kier alpha value is -3.53. The molecule has 0 aromatic heterocycles. The first kappa shape index (κ1) is 17.8. The van der Waals surface area contributed by atoms with Crippen molar-refractivity contribution in [1.29, 1.82) is 5.26 Å². The Labute approximate surface area is 145 Å². The molecule has 0 saturated carbocycles. The summed E-state index contributed by atoms with van der Waals surface area (Å²) in [5.41, 5.74) is 1.53. The van der Waals surface area contributed by atoms with Crippen molar-refractivity contribution < 1.29 is 19.1 Å². The number of hydrogen-bond donors (Lipinski definition) is 2. The van der Waals surface area contributed by atoms with Gasteiger partial charge in [-0.15, -0.1) is 0 Å². The number of hydrogen-bond acceptors (Lipinski definition) is 5. The molecular weight excluding hydrogens is 322 g/mol. The molecule has 0 radical (unpaired) electrons. The van der Waals surface area contributed by atoms with Crippen molar-refractivity contribution in [2.45, 2.75) is 6.92 Å². The quantitative estimate of drug-likeness (QED) is 0.786. The second kappa shape index (κ2) is 8.93. The maximum Gasteiger partial charge on any atom is 0.338 e. The predicted molar refractivity (Wildman–Crippen MR) is 92.6 cm³/mol. The smallest absolute Gasteiger partial charge is 0.338 e. The molecule has 2 aromatic carbocycles. The molecule has 2 aromatic rings. The Morgan fingerprint density at radius 2 is 1.56 bits per heavy atom. The van der Waals surface area contributed by atoms with Crippen molar-refractivity contribution in [2.75, 3.05) is 23.8 Å². The highest BCUT2D eigenvalue weighted by Gasteiger charge is 2.07. The third-order valence-corrected chi connectivity index (χ3v) is 3.07. The lowest BCUT2D eigenvalue weighted by Crippen LogP contribution is -2.19. The molecule has 0 atom stereocenters. The number of rotatable bonds is 6. The average Bonchev–Trinajstić information content (AvgIpc) is 2.62. The number of nitrogens with zero attached hydrogens (tertiary/aromatic N) is 1. The van der Waals surface area contributed by atoms with Gasteiger partial charge in [-0.2, -0.15) is 5.26 Å². The van der Waals surface area contributed by atoms with Crippen LogP contribution < -0.4 is 15.4 Å². The van der Waals surface area contributed by atoms with E-state index in [-0.39, 0.29) is 6.61 Å². The Morgan fingerprint density at radius 1 is 1.00 bits per heavy atom. The molecule has 0 aliphatic carbocycles. The van der Waals surface area contributed by atoms with Crippen LogP contribution in [0.15, 0.2) is 48.5 Å². The largest absolute Gasteiger partial charge is 0.479 e. The van der Waals surface area contributed by atoms with Crippen molar-refractivity contribution in [1.82, 2.24) is 0 Å². The minimum absolute atomic E-state index is 0.0327. The first-order chi connectivity index (χ1) is 12.1. The number of amides is 2. The van der Waals surface area contributed by atoms with Gasteiger partial charge in [0.2, 0.25) is 0 Å². The van der Waals surface area contributed by atoms with Gasteiger partial charge >= 0.3 is 12.0 Å². The lowest BCUT2D eigenvalue weighted by molar-refractivity contribution is 0.0526. The Morgan fingerprint density at radius 3 is 2.08 bits per heavy atom. The van der Waals surface area contributed by atoms with Crippen LogP contribution in [-0.4, -0.2) is 25.2 Å². The number of carbonyl (C=O) groups is 2. The molecule has 0 spiro atoms. The van der Waals surface area contributed by atoms with E-state index >= 15 is 0 Å². The zero-order valence-electron chi connectivity index (χ0n) is 13.6. The van der Waals surface area contributed by atoms with E-state index in [9.17, 15) is 9.59 Å². The summed E-state index contributed by atoms with van der Waals surface area (Å²) in [5.74, 6) is 0.138. The SMILES string of the molecule is CCOC(=O)c1ccc(NC(=O)Nc2ccc(OCC#N)cc2)cc1. The van der Waals surface area contributed by atoms with Crippen molar-refractivity contribution in [3.05, 3.63) is 54.1 Å². The highest BCUT2D eigenvalue weighted by atomic mass is 16.5. The number of nitrogens with one attached hydrogen (secondary N) is 2. The number of esters is 1. The summed E-state index contributed by atoms with van der Waals surface area (Å²) in [7, 11) is 0. The molecule has 128 valence electrons. The van der Waals surface area contributed by atoms with Crippen molar-refractivity contribution >= 4 is 23.4 Å². The third-order valence-electron chi connectivity index (χ3n) is 3.07. The van der Waals surface area contributed by atoms with Gasteiger partial charge in [0.1, 0.15) is 11.8 Å². The molecule has 25 heavy (non-hydrogen) atoms. The molecule has 0 aliphatic rings. The van der Waals surface area contributed by atoms with Crippen LogP contribution in [-0.2, 0) is 4.74 Å². The minimum atomic E-state index is -0.422. The van der Waals surface area contributed by atoms with Crippen molar-refractivity contribution in [3.8, 4) is 11.8 Å². The molecule has 7 nitrogen and oxygen atoms in total. The summed E-state index contributed by atoms with van der Waals surface area (Å²) in [5, 5.41) is 13.8. The standard InChI is InChI=1S/C18H17N3O4/c1-2-24-17(22)13-3-5-14(6-4-13)20-18(23)21-15-7-9-16(10-8-15)25-12-11-19/h3-10H,2,12H2,1H3,(H2,20,21,23). The van der Waals surface area contributed by atoms with Gasteiger partial charge < -0.3 is 20.1 Å². The first-order valence-electron chi connectivity index (χ1n) is 7.57. The van der Waals surface area contributed by atoms with Crippen LogP contribution in [0.4, 0.5) is 16.2 Å². The van der Waals surface area contributed by atoms with E-state index in [0.717, 1.165) is 0 Å². The van der Waals surface area contributed by atoms with E-state index in [0.29, 0.717) is 29.3 Å². The Kier molecular flexibility index (Phi) is 6.37. The van der Waals surface area contributed by atoms with E-state index in [1.807, 2.05) is 6.07 Å². The molecule has 0 aliphatic heterocycles. The summed E-state index contributed by atoms with van der Waals surface area (Å²) in [6.45, 7) is 2.01. The number of carbonyl (C=O) groups excluding carboxylic acids is 2. The van der Waals surface area contributed by atoms with Crippen LogP contribution in [0.3, 0.4) is 0 Å². The maximum absolute atomic E-state index is 12.0. The van der Waals surface area contributed by atoms with E-state index < -0.39 is 12.0 Å². The predicted octanol–water partition coefficient (Wildman–Crippen LogP) is 3.41. The lowest BCUT2D eigenvalue weighted by atomic mass is 10.2. The molecule has 0 heterocycles. The molecular formula is C18H17N3O4. The van der Waals surface area contributed by atoms with E-state index in [1.54, 1.807) is 55.5 Å². The molecule has 0 saturated heterocycles. The number of nitriles is 1. The van der Waals surface area contributed by atoms with Gasteiger partial charge in [0.15, 0.2) is 6.61 Å². The first-order valence-corrected chi connectivity index (χ1v) is 7.57. The van der Waals surface area contributed by atoms with Gasteiger partial charge in [-0.1, -0.05) is 0 Å². The topological polar surface area (TPSA) is 100 Å². The average molecular weight is 339 g/mol. The molecule has 0 unspecified atom stereocenters. The Bertz CT molecular complexity index is 764. The molecule has 0 fully saturated rings. The normalized spacial score (nSPS) is 9.60. The van der Waals surface area contributed by atoms with Gasteiger partial charge in [-0.25, -0.2) is 9.59 Å². The summed E-state index contributed by atoms with van der Waals surface area (Å²) in [6.07, 6.45) is 0. The van der Waals surface area contributed by atoms with Crippen LogP contribution >= 0.6 is 0 Å². The molecule has 2 rings (SSSR count). The second-order valence-electron chi connectivity index (χ2n) is 4.85. The van der Waals surface area contributed by atoms with Crippen LogP contribution in [0.2, 0.25) is 0 Å². The summed E-state index contributed by atoms with van der Waals surface area (Å²) in [6, 6.07) is 14.5. The summed E-state index contributed by atoms with van der Waals surface area (Å²) >= 11 is 0. The van der Waals surface area contributed by atoms with E-state index in [4.69, 9.17) is 14.7 Å². The minimum Gasteiger partial charge on any atom is -0.479 e. The van der Waals surface area contributed by atoms with Gasteiger partial charge in [0, 0.05) is 11.4 Å². The number of benzene rings is 2. The number of ether oxygens (including phenoxy) is 2. The van der Waals surface area contributed by atoms with Crippen LogP contribution in [0, 0.1) is 11.3 Å². The summed E-state index contributed by atoms with van der Waals surface area (Å²) < 4.78 is 10.0. The van der Waals surface area contributed by atoms with Crippen LogP contribution in [0.1, 0.15) is 17.3 Å². The molecule has 7 heteroatoms. The monoisotopic (exact) mass is 339 g/mol. The summed E-state index contributed by atoms with van der Waals surface area (Å²) in [4.78, 5) is 23.5. The molecule has 0 bridgehead atoms. The second-order valence-corrected chi connectivity index (χ2v) is 4.85. The van der Waals surface area contributed by atoms with Gasteiger partial charge in [0.25, 0.3) is 0 Å². The van der Waals surface area contributed by atoms with Crippen molar-refractivity contribution in [2.24, 2.45) is 0 Å². The lowest BCUT2D eigenvalue weighted by Gasteiger charge is -2.09. The fourth-order valence-corrected chi connectivity index (χ4v) is 1.95. The number of urea groups is 1. The highest BCUT2D eigenvalue weighted by Crippen LogP contribution is 2.16. The zero-order valence-corrected chi connectivity index (χ0v) is 13.6. The van der Waals surface area contributed by atoms with E-state index in [1.165, 1.54) is 0 Å². The van der Waals surface area contributed by atoms with Crippen molar-refractivity contribution in [3.63, 3.8) is 0 Å². The van der Waals surface area contributed by atoms with Gasteiger partial charge in [-0.05, 0) is 55.5 Å².